The molecule has 2 aromatic carbocycles. The molecule has 1 heterocycles. The predicted octanol–water partition coefficient (Wildman–Crippen LogP) is 2.94. The van der Waals surface area contributed by atoms with Crippen LogP contribution in [0.5, 0.6) is 0 Å². The Balaban J connectivity index is 1.51. The zero-order chi connectivity index (χ0) is 16.8. The highest BCUT2D eigenvalue weighted by Crippen LogP contribution is 2.08. The van der Waals surface area contributed by atoms with Gasteiger partial charge < -0.3 is 5.32 Å². The first kappa shape index (κ1) is 15.9. The topological polar surface area (TPSA) is 59.8 Å². The minimum atomic E-state index is -0.193. The Morgan fingerprint density at radius 3 is 2.58 bits per heavy atom. The van der Waals surface area contributed by atoms with Gasteiger partial charge in [-0.05, 0) is 37.5 Å². The first-order valence-corrected chi connectivity index (χ1v) is 8.04. The quantitative estimate of drug-likeness (QED) is 0.710. The summed E-state index contributed by atoms with van der Waals surface area (Å²) in [6.07, 6.45) is 3.48. The highest BCUT2D eigenvalue weighted by atomic mass is 16.2. The predicted molar refractivity (Wildman–Crippen MR) is 93.2 cm³/mol. The molecule has 0 aliphatic carbocycles. The molecule has 1 N–H and O–H groups in total. The van der Waals surface area contributed by atoms with Gasteiger partial charge in [0.1, 0.15) is 0 Å². The van der Waals surface area contributed by atoms with E-state index in [9.17, 15) is 4.79 Å². The summed E-state index contributed by atoms with van der Waals surface area (Å²) in [5.41, 5.74) is 3.67. The minimum Gasteiger partial charge on any atom is -0.351 e. The SMILES string of the molecule is Cc1ccc(-n2cc(C(=O)NCCCc3ccccc3)nn2)cc1. The van der Waals surface area contributed by atoms with Crippen molar-refractivity contribution < 1.29 is 4.79 Å². The normalized spacial score (nSPS) is 10.5. The summed E-state index contributed by atoms with van der Waals surface area (Å²) in [7, 11) is 0. The van der Waals surface area contributed by atoms with Gasteiger partial charge in [0.2, 0.25) is 0 Å². The lowest BCUT2D eigenvalue weighted by atomic mass is 10.1. The van der Waals surface area contributed by atoms with Gasteiger partial charge in [0.25, 0.3) is 5.91 Å². The van der Waals surface area contributed by atoms with Crippen LogP contribution in [-0.4, -0.2) is 27.4 Å². The number of benzene rings is 2. The summed E-state index contributed by atoms with van der Waals surface area (Å²) < 4.78 is 1.61. The van der Waals surface area contributed by atoms with E-state index in [0.717, 1.165) is 18.5 Å². The van der Waals surface area contributed by atoms with Crippen molar-refractivity contribution in [2.75, 3.05) is 6.54 Å². The summed E-state index contributed by atoms with van der Waals surface area (Å²) in [6, 6.07) is 18.1. The molecule has 0 spiro atoms. The van der Waals surface area contributed by atoms with Crippen LogP contribution in [0, 0.1) is 6.92 Å². The number of hydrogen-bond acceptors (Lipinski definition) is 3. The van der Waals surface area contributed by atoms with Crippen molar-refractivity contribution in [1.82, 2.24) is 20.3 Å². The zero-order valence-corrected chi connectivity index (χ0v) is 13.6. The molecule has 1 amide bonds. The first-order chi connectivity index (χ1) is 11.7. The number of nitrogens with zero attached hydrogens (tertiary/aromatic N) is 3. The van der Waals surface area contributed by atoms with Crippen molar-refractivity contribution >= 4 is 5.91 Å². The zero-order valence-electron chi connectivity index (χ0n) is 13.6. The van der Waals surface area contributed by atoms with E-state index in [2.05, 4.69) is 27.8 Å². The van der Waals surface area contributed by atoms with Crippen LogP contribution in [0.25, 0.3) is 5.69 Å². The molecule has 1 aromatic heterocycles. The summed E-state index contributed by atoms with van der Waals surface area (Å²) in [6.45, 7) is 2.64. The molecule has 5 heteroatoms. The molecule has 0 atom stereocenters. The van der Waals surface area contributed by atoms with Crippen molar-refractivity contribution in [2.24, 2.45) is 0 Å². The Morgan fingerprint density at radius 2 is 1.83 bits per heavy atom. The molecule has 3 aromatic rings. The third kappa shape index (κ3) is 4.07. The molecule has 0 fully saturated rings. The van der Waals surface area contributed by atoms with E-state index < -0.39 is 0 Å². The van der Waals surface area contributed by atoms with Crippen LogP contribution in [-0.2, 0) is 6.42 Å². The van der Waals surface area contributed by atoms with Gasteiger partial charge in [-0.25, -0.2) is 4.68 Å². The Morgan fingerprint density at radius 1 is 1.08 bits per heavy atom. The van der Waals surface area contributed by atoms with Gasteiger partial charge in [-0.1, -0.05) is 53.2 Å². The summed E-state index contributed by atoms with van der Waals surface area (Å²) >= 11 is 0. The van der Waals surface area contributed by atoms with Crippen LogP contribution in [0.4, 0.5) is 0 Å². The largest absolute Gasteiger partial charge is 0.351 e. The third-order valence-corrected chi connectivity index (χ3v) is 3.80. The molecule has 24 heavy (non-hydrogen) atoms. The number of rotatable bonds is 6. The molecular formula is C19H20N4O. The third-order valence-electron chi connectivity index (χ3n) is 3.80. The highest BCUT2D eigenvalue weighted by molar-refractivity contribution is 5.91. The standard InChI is InChI=1S/C19H20N4O/c1-15-9-11-17(12-10-15)23-14-18(21-22-23)19(24)20-13-5-8-16-6-3-2-4-7-16/h2-4,6-7,9-12,14H,5,8,13H2,1H3,(H,20,24). The number of carbonyl (C=O) groups excluding carboxylic acids is 1. The van der Waals surface area contributed by atoms with E-state index in [1.807, 2.05) is 49.4 Å². The summed E-state index contributed by atoms with van der Waals surface area (Å²) in [5.74, 6) is -0.193. The fourth-order valence-corrected chi connectivity index (χ4v) is 2.42. The van der Waals surface area contributed by atoms with Crippen LogP contribution < -0.4 is 5.32 Å². The number of aromatic nitrogens is 3. The molecule has 0 aliphatic rings. The van der Waals surface area contributed by atoms with E-state index >= 15 is 0 Å². The lowest BCUT2D eigenvalue weighted by molar-refractivity contribution is 0.0948. The average Bonchev–Trinajstić information content (AvgIpc) is 3.10. The fraction of sp³-hybridized carbons (Fsp3) is 0.211. The molecule has 0 aliphatic heterocycles. The molecule has 0 saturated carbocycles. The molecule has 0 saturated heterocycles. The molecule has 5 nitrogen and oxygen atoms in total. The van der Waals surface area contributed by atoms with Crippen molar-refractivity contribution in [3.05, 3.63) is 77.6 Å². The minimum absolute atomic E-state index is 0.193. The van der Waals surface area contributed by atoms with Gasteiger partial charge in [0.05, 0.1) is 11.9 Å². The molecule has 3 rings (SSSR count). The van der Waals surface area contributed by atoms with Crippen molar-refractivity contribution in [2.45, 2.75) is 19.8 Å². The maximum atomic E-state index is 12.1. The molecule has 0 unspecified atom stereocenters. The van der Waals surface area contributed by atoms with E-state index in [1.165, 1.54) is 11.1 Å². The van der Waals surface area contributed by atoms with Crippen LogP contribution in [0.1, 0.15) is 28.0 Å². The van der Waals surface area contributed by atoms with E-state index in [4.69, 9.17) is 0 Å². The first-order valence-electron chi connectivity index (χ1n) is 8.04. The van der Waals surface area contributed by atoms with E-state index in [0.29, 0.717) is 12.2 Å². The Kier molecular flexibility index (Phi) is 5.01. The second-order valence-corrected chi connectivity index (χ2v) is 5.73. The summed E-state index contributed by atoms with van der Waals surface area (Å²) in [5, 5.41) is 10.9. The smallest absolute Gasteiger partial charge is 0.273 e. The van der Waals surface area contributed by atoms with Gasteiger partial charge >= 0.3 is 0 Å². The Labute approximate surface area is 141 Å². The molecule has 0 bridgehead atoms. The van der Waals surface area contributed by atoms with E-state index in [-0.39, 0.29) is 5.91 Å². The van der Waals surface area contributed by atoms with Gasteiger partial charge in [-0.3, -0.25) is 4.79 Å². The second-order valence-electron chi connectivity index (χ2n) is 5.73. The maximum Gasteiger partial charge on any atom is 0.273 e. The number of carbonyl (C=O) groups is 1. The number of amides is 1. The Hall–Kier alpha value is -2.95. The lowest BCUT2D eigenvalue weighted by Crippen LogP contribution is -2.25. The van der Waals surface area contributed by atoms with Crippen molar-refractivity contribution in [3.63, 3.8) is 0 Å². The number of nitrogens with one attached hydrogen (secondary N) is 1. The van der Waals surface area contributed by atoms with Crippen LogP contribution in [0.2, 0.25) is 0 Å². The van der Waals surface area contributed by atoms with Crippen molar-refractivity contribution in [1.29, 1.82) is 0 Å². The van der Waals surface area contributed by atoms with Crippen LogP contribution in [0.3, 0.4) is 0 Å². The Bertz CT molecular complexity index is 794. The lowest BCUT2D eigenvalue weighted by Gasteiger charge is -2.03. The number of hydrogen-bond donors (Lipinski definition) is 1. The molecule has 0 radical (unpaired) electrons. The highest BCUT2D eigenvalue weighted by Gasteiger charge is 2.10. The average molecular weight is 320 g/mol. The van der Waals surface area contributed by atoms with Crippen molar-refractivity contribution in [3.8, 4) is 5.69 Å². The summed E-state index contributed by atoms with van der Waals surface area (Å²) in [4.78, 5) is 12.1. The molecular weight excluding hydrogens is 300 g/mol. The van der Waals surface area contributed by atoms with Gasteiger partial charge in [-0.15, -0.1) is 5.10 Å². The number of aryl methyl sites for hydroxylation is 2. The van der Waals surface area contributed by atoms with E-state index in [1.54, 1.807) is 10.9 Å². The van der Waals surface area contributed by atoms with Crippen LogP contribution in [0.15, 0.2) is 60.8 Å². The molecule has 122 valence electrons. The fourth-order valence-electron chi connectivity index (χ4n) is 2.42. The van der Waals surface area contributed by atoms with Gasteiger partial charge in [-0.2, -0.15) is 0 Å². The monoisotopic (exact) mass is 320 g/mol. The second kappa shape index (κ2) is 7.55. The van der Waals surface area contributed by atoms with Crippen LogP contribution >= 0.6 is 0 Å². The maximum absolute atomic E-state index is 12.1. The van der Waals surface area contributed by atoms with Gasteiger partial charge in [0.15, 0.2) is 5.69 Å². The van der Waals surface area contributed by atoms with Gasteiger partial charge in [0, 0.05) is 6.54 Å².